The first-order valence-corrected chi connectivity index (χ1v) is 6.63. The fraction of sp³-hybridized carbons (Fsp3) is 0.714. The third kappa shape index (κ3) is 1.80. The van der Waals surface area contributed by atoms with E-state index in [1.165, 1.54) is 50.0 Å². The minimum absolute atomic E-state index is 0.548. The van der Waals surface area contributed by atoms with Crippen molar-refractivity contribution in [1.29, 1.82) is 0 Å². The molecule has 2 aliphatic carbocycles. The van der Waals surface area contributed by atoms with Crippen molar-refractivity contribution >= 4 is 0 Å². The molecule has 0 amide bonds. The Morgan fingerprint density at radius 2 is 2.38 bits per heavy atom. The van der Waals surface area contributed by atoms with Gasteiger partial charge in [0.25, 0.3) is 0 Å². The van der Waals surface area contributed by atoms with E-state index < -0.39 is 0 Å². The predicted octanol–water partition coefficient (Wildman–Crippen LogP) is 3.44. The maximum absolute atomic E-state index is 5.52. The van der Waals surface area contributed by atoms with Gasteiger partial charge in [-0.1, -0.05) is 6.92 Å². The molecule has 1 aromatic rings. The van der Waals surface area contributed by atoms with E-state index in [9.17, 15) is 0 Å². The number of nitrogens with one attached hydrogen (secondary N) is 1. The Labute approximate surface area is 97.4 Å². The van der Waals surface area contributed by atoms with Crippen molar-refractivity contribution in [2.24, 2.45) is 5.41 Å². The Hall–Kier alpha value is -0.760. The highest BCUT2D eigenvalue weighted by Gasteiger charge is 2.40. The van der Waals surface area contributed by atoms with Crippen LogP contribution in [0, 0.1) is 5.41 Å². The monoisotopic (exact) mass is 219 g/mol. The van der Waals surface area contributed by atoms with Gasteiger partial charge in [0.15, 0.2) is 0 Å². The van der Waals surface area contributed by atoms with Gasteiger partial charge in [-0.3, -0.25) is 0 Å². The van der Waals surface area contributed by atoms with Crippen LogP contribution < -0.4 is 5.32 Å². The summed E-state index contributed by atoms with van der Waals surface area (Å²) in [5.41, 5.74) is 2.06. The molecule has 2 heteroatoms. The second-order valence-corrected chi connectivity index (χ2v) is 5.48. The number of hydrogen-bond acceptors (Lipinski definition) is 2. The van der Waals surface area contributed by atoms with E-state index >= 15 is 0 Å². The lowest BCUT2D eigenvalue weighted by molar-refractivity contribution is 0.364. The van der Waals surface area contributed by atoms with E-state index in [4.69, 9.17) is 4.42 Å². The van der Waals surface area contributed by atoms with Gasteiger partial charge in [0.05, 0.1) is 6.26 Å². The zero-order valence-electron chi connectivity index (χ0n) is 10.1. The number of fused-ring (bicyclic) bond motifs is 1. The summed E-state index contributed by atoms with van der Waals surface area (Å²) < 4.78 is 5.52. The fourth-order valence-corrected chi connectivity index (χ4v) is 2.87. The summed E-state index contributed by atoms with van der Waals surface area (Å²) in [6, 6.07) is 2.70. The molecule has 1 heterocycles. The molecule has 0 radical (unpaired) electrons. The summed E-state index contributed by atoms with van der Waals surface area (Å²) in [6.45, 7) is 3.51. The molecule has 0 bridgehead atoms. The van der Waals surface area contributed by atoms with E-state index in [1.807, 2.05) is 6.26 Å². The van der Waals surface area contributed by atoms with Gasteiger partial charge in [-0.2, -0.15) is 0 Å². The van der Waals surface area contributed by atoms with Crippen molar-refractivity contribution in [1.82, 2.24) is 5.32 Å². The molecule has 2 aliphatic rings. The van der Waals surface area contributed by atoms with Crippen molar-refractivity contribution in [3.8, 4) is 0 Å². The fourth-order valence-electron chi connectivity index (χ4n) is 2.87. The summed E-state index contributed by atoms with van der Waals surface area (Å²) in [5.74, 6) is 1.21. The van der Waals surface area contributed by atoms with E-state index in [1.54, 1.807) is 0 Å². The third-order valence-corrected chi connectivity index (χ3v) is 4.48. The Kier molecular flexibility index (Phi) is 2.55. The standard InChI is InChI=1S/C14H21NO/c1-2-14(7-8-14)10-15-12-4-3-5-13-11(12)6-9-16-13/h6,9,12,15H,2-5,7-8,10H2,1H3. The number of hydrogen-bond donors (Lipinski definition) is 1. The summed E-state index contributed by atoms with van der Waals surface area (Å²) in [5, 5.41) is 3.76. The molecule has 0 aliphatic heterocycles. The van der Waals surface area contributed by atoms with E-state index in [0.29, 0.717) is 11.5 Å². The molecule has 1 fully saturated rings. The molecule has 88 valence electrons. The average Bonchev–Trinajstić information content (AvgIpc) is 2.94. The molecule has 1 atom stereocenters. The van der Waals surface area contributed by atoms with Gasteiger partial charge >= 0.3 is 0 Å². The Morgan fingerprint density at radius 3 is 3.12 bits per heavy atom. The molecule has 16 heavy (non-hydrogen) atoms. The number of aryl methyl sites for hydroxylation is 1. The SMILES string of the molecule is CCC1(CNC2CCCc3occc32)CC1. The zero-order chi connectivity index (χ0) is 11.0. The van der Waals surface area contributed by atoms with Gasteiger partial charge in [-0.05, 0) is 43.6 Å². The van der Waals surface area contributed by atoms with Gasteiger partial charge in [0.2, 0.25) is 0 Å². The van der Waals surface area contributed by atoms with Gasteiger partial charge in [0, 0.05) is 24.6 Å². The average molecular weight is 219 g/mol. The van der Waals surface area contributed by atoms with E-state index in [-0.39, 0.29) is 0 Å². The number of furan rings is 1. The van der Waals surface area contributed by atoms with Crippen molar-refractivity contribution in [3.05, 3.63) is 23.7 Å². The van der Waals surface area contributed by atoms with Crippen molar-refractivity contribution in [2.75, 3.05) is 6.54 Å². The van der Waals surface area contributed by atoms with Gasteiger partial charge in [0.1, 0.15) is 5.76 Å². The molecule has 1 aromatic heterocycles. The Balaban J connectivity index is 1.64. The van der Waals surface area contributed by atoms with Crippen LogP contribution in [0.2, 0.25) is 0 Å². The van der Waals surface area contributed by atoms with Gasteiger partial charge < -0.3 is 9.73 Å². The summed E-state index contributed by atoms with van der Waals surface area (Å²) in [6.07, 6.45) is 9.66. The van der Waals surface area contributed by atoms with Crippen molar-refractivity contribution < 1.29 is 4.42 Å². The predicted molar refractivity (Wildman–Crippen MR) is 64.3 cm³/mol. The lowest BCUT2D eigenvalue weighted by Crippen LogP contribution is -2.30. The van der Waals surface area contributed by atoms with Crippen LogP contribution >= 0.6 is 0 Å². The van der Waals surface area contributed by atoms with Crippen LogP contribution in [-0.2, 0) is 6.42 Å². The Bertz CT molecular complexity index is 365. The van der Waals surface area contributed by atoms with Crippen LogP contribution in [0.5, 0.6) is 0 Å². The van der Waals surface area contributed by atoms with Crippen molar-refractivity contribution in [3.63, 3.8) is 0 Å². The van der Waals surface area contributed by atoms with Crippen LogP contribution in [0.4, 0.5) is 0 Å². The lowest BCUT2D eigenvalue weighted by atomic mass is 9.92. The van der Waals surface area contributed by atoms with Gasteiger partial charge in [-0.15, -0.1) is 0 Å². The first-order valence-electron chi connectivity index (χ1n) is 6.63. The molecule has 3 rings (SSSR count). The topological polar surface area (TPSA) is 25.2 Å². The van der Waals surface area contributed by atoms with Gasteiger partial charge in [-0.25, -0.2) is 0 Å². The molecule has 0 spiro atoms. The largest absolute Gasteiger partial charge is 0.469 e. The highest BCUT2D eigenvalue weighted by molar-refractivity contribution is 5.24. The molecule has 0 aromatic carbocycles. The Morgan fingerprint density at radius 1 is 1.50 bits per heavy atom. The normalized spacial score (nSPS) is 26.4. The minimum atomic E-state index is 0.548. The van der Waals surface area contributed by atoms with Crippen molar-refractivity contribution in [2.45, 2.75) is 51.5 Å². The molecule has 1 saturated carbocycles. The van der Waals surface area contributed by atoms with Crippen LogP contribution in [-0.4, -0.2) is 6.54 Å². The van der Waals surface area contributed by atoms with Crippen LogP contribution in [0.1, 0.15) is 56.4 Å². The van der Waals surface area contributed by atoms with E-state index in [2.05, 4.69) is 18.3 Å². The second kappa shape index (κ2) is 3.92. The zero-order valence-corrected chi connectivity index (χ0v) is 10.1. The molecular weight excluding hydrogens is 198 g/mol. The van der Waals surface area contributed by atoms with Crippen LogP contribution in [0.25, 0.3) is 0 Å². The second-order valence-electron chi connectivity index (χ2n) is 5.48. The third-order valence-electron chi connectivity index (χ3n) is 4.48. The smallest absolute Gasteiger partial charge is 0.108 e. The molecular formula is C14H21NO. The molecule has 1 unspecified atom stereocenters. The van der Waals surface area contributed by atoms with Crippen LogP contribution in [0.3, 0.4) is 0 Å². The first-order chi connectivity index (χ1) is 7.83. The molecule has 0 saturated heterocycles. The highest BCUT2D eigenvalue weighted by atomic mass is 16.3. The maximum atomic E-state index is 5.52. The summed E-state index contributed by atoms with van der Waals surface area (Å²) >= 11 is 0. The van der Waals surface area contributed by atoms with Crippen LogP contribution in [0.15, 0.2) is 16.7 Å². The minimum Gasteiger partial charge on any atom is -0.469 e. The maximum Gasteiger partial charge on any atom is 0.108 e. The first kappa shape index (κ1) is 10.4. The lowest BCUT2D eigenvalue weighted by Gasteiger charge is -2.25. The van der Waals surface area contributed by atoms with E-state index in [0.717, 1.165) is 6.42 Å². The molecule has 2 nitrogen and oxygen atoms in total. The molecule has 1 N–H and O–H groups in total. The summed E-state index contributed by atoms with van der Waals surface area (Å²) in [7, 11) is 0. The quantitative estimate of drug-likeness (QED) is 0.839. The number of rotatable bonds is 4. The summed E-state index contributed by atoms with van der Waals surface area (Å²) in [4.78, 5) is 0. The highest BCUT2D eigenvalue weighted by Crippen LogP contribution is 2.48.